The first-order valence-electron chi connectivity index (χ1n) is 6.19. The quantitative estimate of drug-likeness (QED) is 0.917. The number of alkyl halides is 2. The molecule has 1 atom stereocenters. The Kier molecular flexibility index (Phi) is 4.67. The number of aryl methyl sites for hydroxylation is 2. The van der Waals surface area contributed by atoms with Crippen molar-refractivity contribution >= 4 is 11.3 Å². The minimum atomic E-state index is -2.83. The van der Waals surface area contributed by atoms with Crippen molar-refractivity contribution in [2.24, 2.45) is 5.73 Å². The number of hydrogen-bond acceptors (Lipinski definition) is 4. The van der Waals surface area contributed by atoms with Gasteiger partial charge in [0, 0.05) is 17.3 Å². The molecule has 0 radical (unpaired) electrons. The van der Waals surface area contributed by atoms with E-state index in [4.69, 9.17) is 5.73 Å². The second-order valence-corrected chi connectivity index (χ2v) is 5.80. The van der Waals surface area contributed by atoms with Gasteiger partial charge in [-0.25, -0.2) is 4.98 Å². The fourth-order valence-electron chi connectivity index (χ4n) is 1.85. The summed E-state index contributed by atoms with van der Waals surface area (Å²) in [6, 6.07) is 6.20. The molecule has 1 unspecified atom stereocenters. The molecular weight excluding hydrogens is 282 g/mol. The molecule has 0 aliphatic carbocycles. The fraction of sp³-hybridized carbons (Fsp3) is 0.357. The topological polar surface area (TPSA) is 48.1 Å². The molecule has 2 aromatic rings. The number of hydrogen-bond donors (Lipinski definition) is 1. The second kappa shape index (κ2) is 6.28. The molecule has 108 valence electrons. The van der Waals surface area contributed by atoms with Gasteiger partial charge in [0.05, 0.1) is 10.7 Å². The molecule has 0 bridgehead atoms. The average molecular weight is 298 g/mol. The molecule has 0 saturated carbocycles. The van der Waals surface area contributed by atoms with Crippen LogP contribution in [0.1, 0.15) is 27.2 Å². The lowest BCUT2D eigenvalue weighted by Gasteiger charge is -2.12. The number of benzene rings is 1. The summed E-state index contributed by atoms with van der Waals surface area (Å²) in [6.07, 6.45) is 0.581. The highest BCUT2D eigenvalue weighted by atomic mass is 32.1. The normalized spacial score (nSPS) is 12.7. The number of ether oxygens (including phenoxy) is 1. The van der Waals surface area contributed by atoms with Crippen LogP contribution < -0.4 is 10.5 Å². The SMILES string of the molecule is Cc1nc(CC(N)c2cccc(OC(F)F)c2)sc1C. The van der Waals surface area contributed by atoms with Gasteiger partial charge in [-0.3, -0.25) is 0 Å². The molecule has 6 heteroatoms. The van der Waals surface area contributed by atoms with E-state index in [0.29, 0.717) is 6.42 Å². The molecule has 20 heavy (non-hydrogen) atoms. The predicted octanol–water partition coefficient (Wildman–Crippen LogP) is 3.60. The van der Waals surface area contributed by atoms with Crippen LogP contribution in [0.25, 0.3) is 0 Å². The number of thiazole rings is 1. The summed E-state index contributed by atoms with van der Waals surface area (Å²) in [6.45, 7) is 1.14. The van der Waals surface area contributed by atoms with Gasteiger partial charge >= 0.3 is 6.61 Å². The number of rotatable bonds is 5. The van der Waals surface area contributed by atoms with Crippen LogP contribution >= 0.6 is 11.3 Å². The Labute approximate surface area is 120 Å². The van der Waals surface area contributed by atoms with Gasteiger partial charge in [0.2, 0.25) is 0 Å². The maximum Gasteiger partial charge on any atom is 0.387 e. The third-order valence-corrected chi connectivity index (χ3v) is 4.07. The van der Waals surface area contributed by atoms with E-state index < -0.39 is 6.61 Å². The van der Waals surface area contributed by atoms with Crippen LogP contribution in [0.3, 0.4) is 0 Å². The monoisotopic (exact) mass is 298 g/mol. The third-order valence-electron chi connectivity index (χ3n) is 2.98. The molecule has 0 aliphatic rings. The second-order valence-electron chi connectivity index (χ2n) is 4.51. The largest absolute Gasteiger partial charge is 0.435 e. The lowest BCUT2D eigenvalue weighted by Crippen LogP contribution is -2.13. The highest BCUT2D eigenvalue weighted by molar-refractivity contribution is 7.11. The van der Waals surface area contributed by atoms with Gasteiger partial charge in [-0.15, -0.1) is 11.3 Å². The van der Waals surface area contributed by atoms with E-state index >= 15 is 0 Å². The molecule has 1 aromatic heterocycles. The molecule has 0 saturated heterocycles. The summed E-state index contributed by atoms with van der Waals surface area (Å²) in [5, 5.41) is 0.952. The summed E-state index contributed by atoms with van der Waals surface area (Å²) in [5.74, 6) is 0.124. The van der Waals surface area contributed by atoms with Gasteiger partial charge < -0.3 is 10.5 Å². The highest BCUT2D eigenvalue weighted by Gasteiger charge is 2.13. The number of nitrogens with zero attached hydrogens (tertiary/aromatic N) is 1. The van der Waals surface area contributed by atoms with Crippen molar-refractivity contribution < 1.29 is 13.5 Å². The summed E-state index contributed by atoms with van der Waals surface area (Å²) in [4.78, 5) is 5.60. The molecule has 1 aromatic carbocycles. The lowest BCUT2D eigenvalue weighted by atomic mass is 10.0. The summed E-state index contributed by atoms with van der Waals surface area (Å²) >= 11 is 1.61. The zero-order valence-corrected chi connectivity index (χ0v) is 12.1. The van der Waals surface area contributed by atoms with E-state index in [0.717, 1.165) is 16.3 Å². The van der Waals surface area contributed by atoms with E-state index in [-0.39, 0.29) is 11.8 Å². The van der Waals surface area contributed by atoms with Crippen molar-refractivity contribution in [2.45, 2.75) is 32.9 Å². The third kappa shape index (κ3) is 3.74. The molecular formula is C14H16F2N2OS. The summed E-state index contributed by atoms with van der Waals surface area (Å²) < 4.78 is 28.7. The Hall–Kier alpha value is -1.53. The summed E-state index contributed by atoms with van der Waals surface area (Å²) in [7, 11) is 0. The molecule has 0 aliphatic heterocycles. The zero-order valence-electron chi connectivity index (χ0n) is 11.3. The minimum Gasteiger partial charge on any atom is -0.435 e. The number of halogens is 2. The Morgan fingerprint density at radius 3 is 2.70 bits per heavy atom. The molecule has 1 heterocycles. The first-order chi connectivity index (χ1) is 9.45. The Morgan fingerprint density at radius 2 is 2.10 bits per heavy atom. The van der Waals surface area contributed by atoms with Crippen molar-refractivity contribution in [1.82, 2.24) is 4.98 Å². The highest BCUT2D eigenvalue weighted by Crippen LogP contribution is 2.24. The maximum absolute atomic E-state index is 12.2. The minimum absolute atomic E-state index is 0.124. The van der Waals surface area contributed by atoms with E-state index in [2.05, 4.69) is 9.72 Å². The van der Waals surface area contributed by atoms with Gasteiger partial charge in [0.1, 0.15) is 5.75 Å². The van der Waals surface area contributed by atoms with E-state index in [1.54, 1.807) is 29.5 Å². The first-order valence-corrected chi connectivity index (χ1v) is 7.00. The van der Waals surface area contributed by atoms with Gasteiger partial charge in [-0.05, 0) is 31.5 Å². The molecule has 0 amide bonds. The van der Waals surface area contributed by atoms with Gasteiger partial charge in [-0.1, -0.05) is 12.1 Å². The van der Waals surface area contributed by atoms with Crippen molar-refractivity contribution in [3.63, 3.8) is 0 Å². The molecule has 3 nitrogen and oxygen atoms in total. The van der Waals surface area contributed by atoms with Crippen molar-refractivity contribution in [3.8, 4) is 5.75 Å². The Bertz CT molecular complexity index is 567. The van der Waals surface area contributed by atoms with Crippen LogP contribution in [0.2, 0.25) is 0 Å². The van der Waals surface area contributed by atoms with Crippen LogP contribution in [0.4, 0.5) is 8.78 Å². The smallest absolute Gasteiger partial charge is 0.387 e. The molecule has 2 rings (SSSR count). The molecule has 0 spiro atoms. The van der Waals surface area contributed by atoms with Gasteiger partial charge in [0.25, 0.3) is 0 Å². The fourth-order valence-corrected chi connectivity index (χ4v) is 2.85. The first kappa shape index (κ1) is 14.9. The van der Waals surface area contributed by atoms with Gasteiger partial charge in [0.15, 0.2) is 0 Å². The van der Waals surface area contributed by atoms with E-state index in [1.165, 1.54) is 10.9 Å². The standard InChI is InChI=1S/C14H16F2N2OS/c1-8-9(2)20-13(18-8)7-12(17)10-4-3-5-11(6-10)19-14(15)16/h3-6,12,14H,7,17H2,1-2H3. The van der Waals surface area contributed by atoms with Crippen LogP contribution in [-0.2, 0) is 6.42 Å². The van der Waals surface area contributed by atoms with Crippen molar-refractivity contribution in [1.29, 1.82) is 0 Å². The predicted molar refractivity (Wildman–Crippen MR) is 75.3 cm³/mol. The molecule has 0 fully saturated rings. The van der Waals surface area contributed by atoms with E-state index in [1.807, 2.05) is 13.8 Å². The number of nitrogens with two attached hydrogens (primary N) is 1. The van der Waals surface area contributed by atoms with E-state index in [9.17, 15) is 8.78 Å². The summed E-state index contributed by atoms with van der Waals surface area (Å²) in [5.41, 5.74) is 7.87. The zero-order chi connectivity index (χ0) is 14.7. The molecule has 2 N–H and O–H groups in total. The van der Waals surface area contributed by atoms with Crippen LogP contribution in [0, 0.1) is 13.8 Å². The van der Waals surface area contributed by atoms with Crippen molar-refractivity contribution in [3.05, 3.63) is 45.4 Å². The van der Waals surface area contributed by atoms with Crippen LogP contribution in [0.5, 0.6) is 5.75 Å². The van der Waals surface area contributed by atoms with Crippen LogP contribution in [0.15, 0.2) is 24.3 Å². The van der Waals surface area contributed by atoms with Crippen molar-refractivity contribution in [2.75, 3.05) is 0 Å². The Balaban J connectivity index is 2.10. The lowest BCUT2D eigenvalue weighted by molar-refractivity contribution is -0.0499. The van der Waals surface area contributed by atoms with Gasteiger partial charge in [-0.2, -0.15) is 8.78 Å². The number of aromatic nitrogens is 1. The Morgan fingerprint density at radius 1 is 1.35 bits per heavy atom. The van der Waals surface area contributed by atoms with Crippen LogP contribution in [-0.4, -0.2) is 11.6 Å². The average Bonchev–Trinajstić information content (AvgIpc) is 2.67. The maximum atomic E-state index is 12.2.